The number of aromatic nitrogens is 1. The zero-order valence-corrected chi connectivity index (χ0v) is 19.1. The van der Waals surface area contributed by atoms with Crippen molar-refractivity contribution in [3.05, 3.63) is 101 Å². The zero-order chi connectivity index (χ0) is 23.8. The van der Waals surface area contributed by atoms with Gasteiger partial charge >= 0.3 is 5.97 Å². The molecule has 1 fully saturated rings. The number of pyridine rings is 1. The molecule has 7 nitrogen and oxygen atoms in total. The molecule has 0 spiro atoms. The molecule has 1 aliphatic heterocycles. The van der Waals surface area contributed by atoms with E-state index in [9.17, 15) is 9.90 Å². The maximum Gasteiger partial charge on any atom is 0.335 e. The maximum absolute atomic E-state index is 11.2. The van der Waals surface area contributed by atoms with Crippen LogP contribution in [0.4, 0.5) is 5.69 Å². The van der Waals surface area contributed by atoms with Crippen LogP contribution in [-0.2, 0) is 0 Å². The predicted molar refractivity (Wildman–Crippen MR) is 132 cm³/mol. The summed E-state index contributed by atoms with van der Waals surface area (Å²) in [6.45, 7) is 0. The van der Waals surface area contributed by atoms with Gasteiger partial charge in [-0.25, -0.2) is 4.79 Å². The molecular weight excluding hydrogens is 474 g/mol. The molecule has 3 N–H and O–H groups in total. The molecule has 34 heavy (non-hydrogen) atoms. The Bertz CT molecular complexity index is 1370. The number of hydrogen-bond donors (Lipinski definition) is 3. The Labute approximate surface area is 205 Å². The van der Waals surface area contributed by atoms with E-state index in [4.69, 9.17) is 33.3 Å². The lowest BCUT2D eigenvalue weighted by Gasteiger charge is -2.26. The highest BCUT2D eigenvalue weighted by atomic mass is 35.5. The van der Waals surface area contributed by atoms with E-state index >= 15 is 0 Å². The first kappa shape index (κ1) is 21.9. The Kier molecular flexibility index (Phi) is 5.69. The van der Waals surface area contributed by atoms with E-state index in [-0.39, 0.29) is 17.4 Å². The van der Waals surface area contributed by atoms with Gasteiger partial charge in [-0.05, 0) is 66.8 Å². The molecule has 2 atom stereocenters. The molecule has 0 saturated carbocycles. The number of benzene rings is 2. The molecule has 1 saturated heterocycles. The van der Waals surface area contributed by atoms with E-state index in [1.807, 2.05) is 30.3 Å². The second-order valence-corrected chi connectivity index (χ2v) is 8.54. The zero-order valence-electron chi connectivity index (χ0n) is 17.6. The van der Waals surface area contributed by atoms with Gasteiger partial charge in [0, 0.05) is 16.8 Å². The SMILES string of the molecule is O=C(O)c1ccc(-c2ccc([C@@H]3[C@H](c4ccccn4)NC(=S)N3c3cc(Cl)ccc3O)o2)cc1. The fourth-order valence-electron chi connectivity index (χ4n) is 4.04. The van der Waals surface area contributed by atoms with E-state index in [0.29, 0.717) is 27.3 Å². The molecule has 1 aliphatic rings. The summed E-state index contributed by atoms with van der Waals surface area (Å²) in [5, 5.41) is 23.9. The van der Waals surface area contributed by atoms with Crippen LogP contribution in [0.5, 0.6) is 5.75 Å². The molecule has 0 bridgehead atoms. The largest absolute Gasteiger partial charge is 0.506 e. The van der Waals surface area contributed by atoms with Crippen LogP contribution in [0.1, 0.15) is 33.9 Å². The molecule has 0 unspecified atom stereocenters. The van der Waals surface area contributed by atoms with Gasteiger partial charge in [-0.2, -0.15) is 0 Å². The fraction of sp³-hybridized carbons (Fsp3) is 0.0800. The van der Waals surface area contributed by atoms with Gasteiger partial charge in [0.2, 0.25) is 0 Å². The summed E-state index contributed by atoms with van der Waals surface area (Å²) in [6, 6.07) is 19.6. The summed E-state index contributed by atoms with van der Waals surface area (Å²) in [6.07, 6.45) is 1.70. The third kappa shape index (κ3) is 3.98. The van der Waals surface area contributed by atoms with Crippen molar-refractivity contribution < 1.29 is 19.4 Å². The lowest BCUT2D eigenvalue weighted by molar-refractivity contribution is 0.0697. The van der Waals surface area contributed by atoms with Crippen LogP contribution in [0.2, 0.25) is 5.02 Å². The van der Waals surface area contributed by atoms with Gasteiger partial charge < -0.3 is 24.8 Å². The van der Waals surface area contributed by atoms with Gasteiger partial charge in [-0.3, -0.25) is 4.98 Å². The van der Waals surface area contributed by atoms with Gasteiger partial charge in [-0.1, -0.05) is 29.8 Å². The molecule has 170 valence electrons. The predicted octanol–water partition coefficient (Wildman–Crippen LogP) is 5.58. The molecule has 2 aromatic carbocycles. The average Bonchev–Trinajstić information content (AvgIpc) is 3.46. The number of aromatic carboxylic acids is 1. The van der Waals surface area contributed by atoms with Gasteiger partial charge in [0.1, 0.15) is 23.3 Å². The highest BCUT2D eigenvalue weighted by Crippen LogP contribution is 2.45. The number of phenolic OH excluding ortho intramolecular Hbond substituents is 1. The number of phenols is 1. The second-order valence-electron chi connectivity index (χ2n) is 7.71. The maximum atomic E-state index is 11.2. The molecule has 0 radical (unpaired) electrons. The monoisotopic (exact) mass is 491 g/mol. The van der Waals surface area contributed by atoms with Crippen LogP contribution >= 0.6 is 23.8 Å². The highest BCUT2D eigenvalue weighted by Gasteiger charge is 2.43. The van der Waals surface area contributed by atoms with Crippen LogP contribution in [0.15, 0.2) is 83.4 Å². The summed E-state index contributed by atoms with van der Waals surface area (Å²) >= 11 is 11.9. The Morgan fingerprint density at radius 1 is 1.09 bits per heavy atom. The van der Waals surface area contributed by atoms with Crippen molar-refractivity contribution in [3.63, 3.8) is 0 Å². The number of carbonyl (C=O) groups is 1. The van der Waals surface area contributed by atoms with E-state index < -0.39 is 12.0 Å². The topological polar surface area (TPSA) is 98.8 Å². The molecule has 2 aromatic heterocycles. The van der Waals surface area contributed by atoms with Crippen molar-refractivity contribution in [2.75, 3.05) is 4.90 Å². The Balaban J connectivity index is 1.59. The Morgan fingerprint density at radius 2 is 1.88 bits per heavy atom. The molecule has 4 aromatic rings. The number of nitrogens with one attached hydrogen (secondary N) is 1. The van der Waals surface area contributed by atoms with Crippen molar-refractivity contribution in [1.29, 1.82) is 0 Å². The van der Waals surface area contributed by atoms with E-state index in [0.717, 1.165) is 11.3 Å². The van der Waals surface area contributed by atoms with Crippen molar-refractivity contribution in [2.24, 2.45) is 0 Å². The highest BCUT2D eigenvalue weighted by molar-refractivity contribution is 7.80. The Hall–Kier alpha value is -3.88. The third-order valence-corrected chi connectivity index (χ3v) is 6.18. The normalized spacial score (nSPS) is 17.6. The number of nitrogens with zero attached hydrogens (tertiary/aromatic N) is 2. The van der Waals surface area contributed by atoms with Crippen LogP contribution in [0, 0.1) is 0 Å². The lowest BCUT2D eigenvalue weighted by atomic mass is 10.0. The quantitative estimate of drug-likeness (QED) is 0.311. The molecular formula is C25H18ClN3O4S. The number of carboxylic acid groups (broad SMARTS) is 1. The minimum atomic E-state index is -0.993. The summed E-state index contributed by atoms with van der Waals surface area (Å²) in [7, 11) is 0. The first-order chi connectivity index (χ1) is 16.4. The van der Waals surface area contributed by atoms with Crippen LogP contribution < -0.4 is 10.2 Å². The molecule has 5 rings (SSSR count). The number of aromatic hydroxyl groups is 1. The van der Waals surface area contributed by atoms with Gasteiger partial charge in [0.25, 0.3) is 0 Å². The van der Waals surface area contributed by atoms with Gasteiger partial charge in [0.15, 0.2) is 5.11 Å². The van der Waals surface area contributed by atoms with Crippen LogP contribution in [0.25, 0.3) is 11.3 Å². The average molecular weight is 492 g/mol. The van der Waals surface area contributed by atoms with E-state index in [1.165, 1.54) is 18.2 Å². The summed E-state index contributed by atoms with van der Waals surface area (Å²) in [5.74, 6) is 0.183. The fourth-order valence-corrected chi connectivity index (χ4v) is 4.54. The number of hydrogen-bond acceptors (Lipinski definition) is 5. The minimum Gasteiger partial charge on any atom is -0.506 e. The molecule has 9 heteroatoms. The lowest BCUT2D eigenvalue weighted by Crippen LogP contribution is -2.29. The van der Waals surface area contributed by atoms with E-state index in [2.05, 4.69) is 10.3 Å². The molecule has 0 aliphatic carbocycles. The van der Waals surface area contributed by atoms with E-state index in [1.54, 1.807) is 35.4 Å². The van der Waals surface area contributed by atoms with Crippen molar-refractivity contribution in [3.8, 4) is 17.1 Å². The van der Waals surface area contributed by atoms with Crippen molar-refractivity contribution in [1.82, 2.24) is 10.3 Å². The number of halogens is 1. The van der Waals surface area contributed by atoms with Crippen LogP contribution in [-0.4, -0.2) is 26.3 Å². The Morgan fingerprint density at radius 3 is 2.59 bits per heavy atom. The summed E-state index contributed by atoms with van der Waals surface area (Å²) < 4.78 is 6.24. The van der Waals surface area contributed by atoms with Gasteiger partial charge in [-0.15, -0.1) is 0 Å². The number of carboxylic acids is 1. The smallest absolute Gasteiger partial charge is 0.335 e. The van der Waals surface area contributed by atoms with Crippen LogP contribution in [0.3, 0.4) is 0 Å². The number of anilines is 1. The van der Waals surface area contributed by atoms with Crippen molar-refractivity contribution in [2.45, 2.75) is 12.1 Å². The number of thiocarbonyl (C=S) groups is 1. The third-order valence-electron chi connectivity index (χ3n) is 5.63. The van der Waals surface area contributed by atoms with Gasteiger partial charge in [0.05, 0.1) is 23.0 Å². The summed E-state index contributed by atoms with van der Waals surface area (Å²) in [4.78, 5) is 17.4. The molecule has 3 heterocycles. The second kappa shape index (κ2) is 8.81. The standard InChI is InChI=1S/C25H18ClN3O4S/c26-16-8-9-19(30)18(13-16)29-23(22(28-25(29)34)17-3-1-2-12-27-17)21-11-10-20(33-21)14-4-6-15(7-5-14)24(31)32/h1-13,22-23,30H,(H,28,34)(H,31,32)/t22-,23+/m0/s1. The summed E-state index contributed by atoms with van der Waals surface area (Å²) in [5.41, 5.74) is 2.12. The first-order valence-electron chi connectivity index (χ1n) is 10.3. The number of furan rings is 1. The molecule has 0 amide bonds. The minimum absolute atomic E-state index is 0.0243. The van der Waals surface area contributed by atoms with Crippen molar-refractivity contribution >= 4 is 40.6 Å². The first-order valence-corrected chi connectivity index (χ1v) is 11.1. The number of rotatable bonds is 5.